The largest absolute Gasteiger partial charge is 0.398 e. The predicted molar refractivity (Wildman–Crippen MR) is 76.5 cm³/mol. The van der Waals surface area contributed by atoms with Gasteiger partial charge in [-0.2, -0.15) is 0 Å². The quantitative estimate of drug-likeness (QED) is 0.729. The molecule has 0 heterocycles. The normalized spacial score (nSPS) is 12.2. The minimum absolute atomic E-state index is 0.0119. The van der Waals surface area contributed by atoms with Crippen LogP contribution in [-0.2, 0) is 0 Å². The number of carbonyl (C=O) groups excluding carboxylic acids is 1. The minimum Gasteiger partial charge on any atom is -0.398 e. The lowest BCUT2D eigenvalue weighted by molar-refractivity contribution is 0.0928. The Labute approximate surface area is 116 Å². The number of aliphatic hydroxyl groups is 1. The van der Waals surface area contributed by atoms with Crippen LogP contribution < -0.4 is 11.1 Å². The van der Waals surface area contributed by atoms with Crippen LogP contribution in [0.5, 0.6) is 0 Å². The van der Waals surface area contributed by atoms with E-state index in [2.05, 4.69) is 21.2 Å². The number of rotatable bonds is 5. The Morgan fingerprint density at radius 3 is 2.78 bits per heavy atom. The van der Waals surface area contributed by atoms with Crippen molar-refractivity contribution in [2.24, 2.45) is 0 Å². The summed E-state index contributed by atoms with van der Waals surface area (Å²) in [6.07, 6.45) is 1.35. The average Bonchev–Trinajstić information content (AvgIpc) is 2.32. The van der Waals surface area contributed by atoms with Crippen molar-refractivity contribution in [3.63, 3.8) is 0 Å². The van der Waals surface area contributed by atoms with Crippen LogP contribution in [0.1, 0.15) is 35.7 Å². The fourth-order valence-electron chi connectivity index (χ4n) is 1.73. The second kappa shape index (κ2) is 6.75. The molecule has 1 rings (SSSR count). The number of hydrogen-bond donors (Lipinski definition) is 3. The first-order valence-electron chi connectivity index (χ1n) is 5.96. The van der Waals surface area contributed by atoms with Crippen molar-refractivity contribution in [3.05, 3.63) is 27.7 Å². The highest BCUT2D eigenvalue weighted by atomic mass is 79.9. The third kappa shape index (κ3) is 3.71. The number of nitrogen functional groups attached to an aromatic ring is 1. The van der Waals surface area contributed by atoms with Gasteiger partial charge in [0.2, 0.25) is 0 Å². The summed E-state index contributed by atoms with van der Waals surface area (Å²) in [7, 11) is 0. The summed E-state index contributed by atoms with van der Waals surface area (Å²) >= 11 is 3.33. The van der Waals surface area contributed by atoms with Gasteiger partial charge in [-0.15, -0.1) is 0 Å². The smallest absolute Gasteiger partial charge is 0.251 e. The molecule has 0 fully saturated rings. The number of amides is 1. The molecular weight excluding hydrogens is 296 g/mol. The van der Waals surface area contributed by atoms with Gasteiger partial charge in [-0.25, -0.2) is 0 Å². The van der Waals surface area contributed by atoms with Gasteiger partial charge in [0.05, 0.1) is 0 Å². The third-order valence-corrected chi connectivity index (χ3v) is 3.42. The Bertz CT molecular complexity index is 435. The summed E-state index contributed by atoms with van der Waals surface area (Å²) in [5, 5.41) is 11.8. The van der Waals surface area contributed by atoms with Crippen LogP contribution >= 0.6 is 15.9 Å². The summed E-state index contributed by atoms with van der Waals surface area (Å²) in [4.78, 5) is 12.1. The fourth-order valence-corrected chi connectivity index (χ4v) is 2.21. The molecule has 5 heteroatoms. The van der Waals surface area contributed by atoms with E-state index in [1.165, 1.54) is 0 Å². The molecule has 0 aliphatic carbocycles. The number of carbonyl (C=O) groups is 1. The van der Waals surface area contributed by atoms with Crippen molar-refractivity contribution < 1.29 is 9.90 Å². The molecule has 1 aromatic rings. The van der Waals surface area contributed by atoms with Gasteiger partial charge < -0.3 is 16.2 Å². The van der Waals surface area contributed by atoms with Crippen LogP contribution in [0.15, 0.2) is 16.6 Å². The van der Waals surface area contributed by atoms with Crippen molar-refractivity contribution in [1.82, 2.24) is 5.32 Å². The van der Waals surface area contributed by atoms with Gasteiger partial charge in [0.15, 0.2) is 0 Å². The summed E-state index contributed by atoms with van der Waals surface area (Å²) in [5.74, 6) is -0.152. The highest BCUT2D eigenvalue weighted by molar-refractivity contribution is 9.10. The first-order valence-corrected chi connectivity index (χ1v) is 6.76. The van der Waals surface area contributed by atoms with Gasteiger partial charge in [-0.1, -0.05) is 22.9 Å². The lowest BCUT2D eigenvalue weighted by Gasteiger charge is -2.17. The number of aliphatic hydroxyl groups excluding tert-OH is 1. The molecule has 1 aromatic carbocycles. The van der Waals surface area contributed by atoms with E-state index >= 15 is 0 Å². The Hall–Kier alpha value is -1.07. The number of benzene rings is 1. The number of nitrogens with one attached hydrogen (secondary N) is 1. The topological polar surface area (TPSA) is 75.3 Å². The monoisotopic (exact) mass is 314 g/mol. The van der Waals surface area contributed by atoms with Gasteiger partial charge in [-0.3, -0.25) is 4.79 Å². The Balaban J connectivity index is 2.90. The maximum Gasteiger partial charge on any atom is 0.251 e. The van der Waals surface area contributed by atoms with Crippen molar-refractivity contribution in [1.29, 1.82) is 0 Å². The van der Waals surface area contributed by atoms with Crippen LogP contribution in [0.2, 0.25) is 0 Å². The summed E-state index contributed by atoms with van der Waals surface area (Å²) in [5.41, 5.74) is 7.76. The average molecular weight is 315 g/mol. The molecule has 0 bridgehead atoms. The maximum atomic E-state index is 12.1. The van der Waals surface area contributed by atoms with Gasteiger partial charge >= 0.3 is 0 Å². The molecular formula is C13H19BrN2O2. The molecule has 4 nitrogen and oxygen atoms in total. The van der Waals surface area contributed by atoms with Crippen molar-refractivity contribution in [3.8, 4) is 0 Å². The van der Waals surface area contributed by atoms with Crippen LogP contribution in [0.3, 0.4) is 0 Å². The van der Waals surface area contributed by atoms with Crippen molar-refractivity contribution in [2.45, 2.75) is 32.7 Å². The number of hydrogen-bond acceptors (Lipinski definition) is 3. The predicted octanol–water partition coefficient (Wildman–Crippen LogP) is 2.23. The molecule has 1 atom stereocenters. The zero-order valence-electron chi connectivity index (χ0n) is 10.7. The van der Waals surface area contributed by atoms with E-state index < -0.39 is 0 Å². The van der Waals surface area contributed by atoms with E-state index in [1.807, 2.05) is 13.8 Å². The fraction of sp³-hybridized carbons (Fsp3) is 0.462. The van der Waals surface area contributed by atoms with Crippen LogP contribution in [0.25, 0.3) is 0 Å². The first kappa shape index (κ1) is 15.0. The zero-order chi connectivity index (χ0) is 13.7. The number of nitrogens with two attached hydrogens (primary N) is 1. The highest BCUT2D eigenvalue weighted by Crippen LogP contribution is 2.22. The summed E-state index contributed by atoms with van der Waals surface area (Å²) in [6, 6.07) is 3.52. The van der Waals surface area contributed by atoms with E-state index in [-0.39, 0.29) is 18.6 Å². The van der Waals surface area contributed by atoms with E-state index in [9.17, 15) is 4.79 Å². The number of anilines is 1. The Kier molecular flexibility index (Phi) is 5.62. The van der Waals surface area contributed by atoms with Crippen molar-refractivity contribution in [2.75, 3.05) is 12.3 Å². The van der Waals surface area contributed by atoms with Crippen LogP contribution in [-0.4, -0.2) is 23.7 Å². The van der Waals surface area contributed by atoms with Gasteiger partial charge in [0.1, 0.15) is 0 Å². The minimum atomic E-state index is -0.152. The number of halogens is 1. The van der Waals surface area contributed by atoms with E-state index in [0.717, 1.165) is 16.5 Å². The molecule has 0 saturated heterocycles. The van der Waals surface area contributed by atoms with Crippen molar-refractivity contribution >= 4 is 27.5 Å². The second-order valence-corrected chi connectivity index (χ2v) is 5.17. The standard InChI is InChI=1S/C13H19BrN2O2/c1-3-10(4-5-17)16-13(18)11-6-9(14)7-12(15)8(11)2/h6-7,10,17H,3-5,15H2,1-2H3,(H,16,18). The lowest BCUT2D eigenvalue weighted by Crippen LogP contribution is -2.35. The molecule has 0 aliphatic heterocycles. The second-order valence-electron chi connectivity index (χ2n) is 4.26. The zero-order valence-corrected chi connectivity index (χ0v) is 12.3. The summed E-state index contributed by atoms with van der Waals surface area (Å²) in [6.45, 7) is 3.87. The molecule has 0 saturated carbocycles. The van der Waals surface area contributed by atoms with E-state index in [4.69, 9.17) is 10.8 Å². The van der Waals surface area contributed by atoms with E-state index in [1.54, 1.807) is 12.1 Å². The van der Waals surface area contributed by atoms with Gasteiger partial charge in [0, 0.05) is 28.4 Å². The van der Waals surface area contributed by atoms with E-state index in [0.29, 0.717) is 17.7 Å². The molecule has 100 valence electrons. The molecule has 18 heavy (non-hydrogen) atoms. The molecule has 0 spiro atoms. The molecule has 0 radical (unpaired) electrons. The molecule has 0 aromatic heterocycles. The highest BCUT2D eigenvalue weighted by Gasteiger charge is 2.15. The molecule has 0 aliphatic rings. The van der Waals surface area contributed by atoms with Crippen LogP contribution in [0, 0.1) is 6.92 Å². The van der Waals surface area contributed by atoms with Gasteiger partial charge in [-0.05, 0) is 37.5 Å². The van der Waals surface area contributed by atoms with Crippen LogP contribution in [0.4, 0.5) is 5.69 Å². The maximum absolute atomic E-state index is 12.1. The SMILES string of the molecule is CCC(CCO)NC(=O)c1cc(Br)cc(N)c1C. The Morgan fingerprint density at radius 2 is 2.22 bits per heavy atom. The molecule has 1 unspecified atom stereocenters. The lowest BCUT2D eigenvalue weighted by atomic mass is 10.0. The third-order valence-electron chi connectivity index (χ3n) is 2.96. The van der Waals surface area contributed by atoms with Gasteiger partial charge in [0.25, 0.3) is 5.91 Å². The molecule has 1 amide bonds. The summed E-state index contributed by atoms with van der Waals surface area (Å²) < 4.78 is 0.783. The first-order chi connectivity index (χ1) is 8.49. The Morgan fingerprint density at radius 1 is 1.56 bits per heavy atom. The molecule has 4 N–H and O–H groups in total.